The number of hydrogen-bond donors (Lipinski definition) is 1. The molecule has 0 bridgehead atoms. The van der Waals surface area contributed by atoms with E-state index in [1.54, 1.807) is 24.3 Å². The first-order valence-corrected chi connectivity index (χ1v) is 10.1. The fourth-order valence-corrected chi connectivity index (χ4v) is 4.01. The molecule has 0 saturated carbocycles. The molecule has 3 amide bonds. The summed E-state index contributed by atoms with van der Waals surface area (Å²) in [5.74, 6) is -0.606. The van der Waals surface area contributed by atoms with Gasteiger partial charge in [-0.2, -0.15) is 0 Å². The van der Waals surface area contributed by atoms with E-state index in [-0.39, 0.29) is 42.1 Å². The number of hydrogen-bond acceptors (Lipinski definition) is 3. The van der Waals surface area contributed by atoms with Crippen LogP contribution in [0.4, 0.5) is 0 Å². The Morgan fingerprint density at radius 1 is 0.966 bits per heavy atom. The quantitative estimate of drug-likeness (QED) is 0.692. The summed E-state index contributed by atoms with van der Waals surface area (Å²) in [6, 6.07) is 17.1. The molecule has 1 aliphatic rings. The van der Waals surface area contributed by atoms with E-state index in [2.05, 4.69) is 31.3 Å². The minimum atomic E-state index is -0.274. The Labute approximate surface area is 172 Å². The summed E-state index contributed by atoms with van der Waals surface area (Å²) in [6.07, 6.45) is 1.55. The van der Waals surface area contributed by atoms with Crippen molar-refractivity contribution in [2.24, 2.45) is 0 Å². The van der Waals surface area contributed by atoms with Gasteiger partial charge < -0.3 is 5.32 Å². The maximum Gasteiger partial charge on any atom is 0.261 e. The molecule has 2 aromatic rings. The lowest BCUT2D eigenvalue weighted by atomic mass is 9.79. The van der Waals surface area contributed by atoms with Crippen molar-refractivity contribution in [2.75, 3.05) is 6.54 Å². The molecule has 3 rings (SSSR count). The molecule has 0 aromatic heterocycles. The second-order valence-electron chi connectivity index (χ2n) is 8.33. The van der Waals surface area contributed by atoms with E-state index in [1.165, 1.54) is 10.5 Å². The number of nitrogens with zero attached hydrogens (tertiary/aromatic N) is 1. The van der Waals surface area contributed by atoms with E-state index in [1.807, 2.05) is 25.1 Å². The third kappa shape index (κ3) is 4.73. The number of fused-ring (bicyclic) bond motifs is 1. The molecule has 1 atom stereocenters. The van der Waals surface area contributed by atoms with Gasteiger partial charge in [0.25, 0.3) is 11.8 Å². The molecule has 1 heterocycles. The number of benzene rings is 2. The molecule has 2 aromatic carbocycles. The standard InChI is InChI=1S/C24H28N2O3/c1-17(16-24(2,3)18-10-5-4-6-11-18)25-21(27)14-9-15-26-22(28)19-12-7-8-13-20(19)23(26)29/h4-8,10-13,17H,9,14-16H2,1-3H3,(H,25,27). The normalized spacial score (nSPS) is 14.7. The van der Waals surface area contributed by atoms with Crippen LogP contribution in [0.15, 0.2) is 54.6 Å². The fourth-order valence-electron chi connectivity index (χ4n) is 4.01. The molecule has 0 saturated heterocycles. The molecule has 5 heteroatoms. The number of rotatable bonds is 8. The van der Waals surface area contributed by atoms with Crippen molar-refractivity contribution in [3.05, 3.63) is 71.3 Å². The average molecular weight is 392 g/mol. The second kappa shape index (κ2) is 8.60. The summed E-state index contributed by atoms with van der Waals surface area (Å²) >= 11 is 0. The predicted molar refractivity (Wildman–Crippen MR) is 113 cm³/mol. The van der Waals surface area contributed by atoms with Gasteiger partial charge in [0, 0.05) is 19.0 Å². The van der Waals surface area contributed by atoms with Gasteiger partial charge in [0.2, 0.25) is 5.91 Å². The summed E-state index contributed by atoms with van der Waals surface area (Å²) < 4.78 is 0. The Kier molecular flexibility index (Phi) is 6.16. The minimum Gasteiger partial charge on any atom is -0.354 e. The summed E-state index contributed by atoms with van der Waals surface area (Å²) in [7, 11) is 0. The van der Waals surface area contributed by atoms with E-state index in [0.717, 1.165) is 6.42 Å². The number of amides is 3. The van der Waals surface area contributed by atoms with Crippen LogP contribution in [0, 0.1) is 0 Å². The maximum atomic E-state index is 12.4. The average Bonchev–Trinajstić information content (AvgIpc) is 2.93. The molecule has 5 nitrogen and oxygen atoms in total. The molecule has 29 heavy (non-hydrogen) atoms. The third-order valence-corrected chi connectivity index (χ3v) is 5.44. The lowest BCUT2D eigenvalue weighted by Crippen LogP contribution is -2.38. The molecule has 1 unspecified atom stereocenters. The van der Waals surface area contributed by atoms with Crippen molar-refractivity contribution in [1.82, 2.24) is 10.2 Å². The zero-order valence-corrected chi connectivity index (χ0v) is 17.3. The number of carbonyl (C=O) groups excluding carboxylic acids is 3. The van der Waals surface area contributed by atoms with E-state index < -0.39 is 0 Å². The lowest BCUT2D eigenvalue weighted by Gasteiger charge is -2.29. The molecule has 152 valence electrons. The van der Waals surface area contributed by atoms with Gasteiger partial charge in [-0.05, 0) is 42.9 Å². The van der Waals surface area contributed by atoms with Gasteiger partial charge in [-0.25, -0.2) is 0 Å². The van der Waals surface area contributed by atoms with Gasteiger partial charge >= 0.3 is 0 Å². The molecule has 1 N–H and O–H groups in total. The van der Waals surface area contributed by atoms with Crippen LogP contribution in [0.5, 0.6) is 0 Å². The van der Waals surface area contributed by atoms with E-state index in [9.17, 15) is 14.4 Å². The Morgan fingerprint density at radius 2 is 1.52 bits per heavy atom. The van der Waals surface area contributed by atoms with Crippen molar-refractivity contribution in [3.8, 4) is 0 Å². The molecule has 0 radical (unpaired) electrons. The van der Waals surface area contributed by atoms with Gasteiger partial charge in [-0.1, -0.05) is 56.3 Å². The van der Waals surface area contributed by atoms with Crippen molar-refractivity contribution < 1.29 is 14.4 Å². The van der Waals surface area contributed by atoms with Gasteiger partial charge in [0.15, 0.2) is 0 Å². The highest BCUT2D eigenvalue weighted by atomic mass is 16.2. The van der Waals surface area contributed by atoms with Crippen LogP contribution in [0.3, 0.4) is 0 Å². The second-order valence-corrected chi connectivity index (χ2v) is 8.33. The van der Waals surface area contributed by atoms with Gasteiger partial charge in [-0.15, -0.1) is 0 Å². The topological polar surface area (TPSA) is 66.5 Å². The summed E-state index contributed by atoms with van der Waals surface area (Å²) in [6.45, 7) is 6.61. The van der Waals surface area contributed by atoms with E-state index >= 15 is 0 Å². The molecular formula is C24H28N2O3. The van der Waals surface area contributed by atoms with Crippen molar-refractivity contribution in [3.63, 3.8) is 0 Å². The zero-order valence-electron chi connectivity index (χ0n) is 17.3. The van der Waals surface area contributed by atoms with E-state index in [4.69, 9.17) is 0 Å². The Morgan fingerprint density at radius 3 is 2.10 bits per heavy atom. The fraction of sp³-hybridized carbons (Fsp3) is 0.375. The predicted octanol–water partition coefficient (Wildman–Crippen LogP) is 3.94. The Balaban J connectivity index is 1.46. The third-order valence-electron chi connectivity index (χ3n) is 5.44. The zero-order chi connectivity index (χ0) is 21.0. The molecular weight excluding hydrogens is 364 g/mol. The smallest absolute Gasteiger partial charge is 0.261 e. The summed E-state index contributed by atoms with van der Waals surface area (Å²) in [4.78, 5) is 38.3. The Hall–Kier alpha value is -2.95. The number of imide groups is 1. The number of carbonyl (C=O) groups is 3. The largest absolute Gasteiger partial charge is 0.354 e. The molecule has 1 aliphatic heterocycles. The minimum absolute atomic E-state index is 0.0250. The molecule has 0 spiro atoms. The first-order chi connectivity index (χ1) is 13.8. The van der Waals surface area contributed by atoms with Crippen LogP contribution in [0.1, 0.15) is 66.3 Å². The van der Waals surface area contributed by atoms with Crippen LogP contribution in [0.2, 0.25) is 0 Å². The van der Waals surface area contributed by atoms with Crippen LogP contribution >= 0.6 is 0 Å². The lowest BCUT2D eigenvalue weighted by molar-refractivity contribution is -0.121. The SMILES string of the molecule is CC(CC(C)(C)c1ccccc1)NC(=O)CCCN1C(=O)c2ccccc2C1=O. The Bertz CT molecular complexity index is 870. The van der Waals surface area contributed by atoms with Crippen LogP contribution in [-0.4, -0.2) is 35.2 Å². The van der Waals surface area contributed by atoms with Crippen LogP contribution < -0.4 is 5.32 Å². The summed E-state index contributed by atoms with van der Waals surface area (Å²) in [5.41, 5.74) is 2.08. The monoisotopic (exact) mass is 392 g/mol. The maximum absolute atomic E-state index is 12.4. The molecule has 0 fully saturated rings. The van der Waals surface area contributed by atoms with Crippen molar-refractivity contribution in [1.29, 1.82) is 0 Å². The van der Waals surface area contributed by atoms with Crippen molar-refractivity contribution >= 4 is 17.7 Å². The highest BCUT2D eigenvalue weighted by molar-refractivity contribution is 6.21. The van der Waals surface area contributed by atoms with E-state index in [0.29, 0.717) is 17.5 Å². The van der Waals surface area contributed by atoms with Crippen LogP contribution in [-0.2, 0) is 10.2 Å². The first-order valence-electron chi connectivity index (χ1n) is 10.1. The van der Waals surface area contributed by atoms with Crippen LogP contribution in [0.25, 0.3) is 0 Å². The number of nitrogens with one attached hydrogen (secondary N) is 1. The first kappa shape index (κ1) is 20.8. The molecule has 0 aliphatic carbocycles. The summed E-state index contributed by atoms with van der Waals surface area (Å²) in [5, 5.41) is 3.04. The van der Waals surface area contributed by atoms with Gasteiger partial charge in [-0.3, -0.25) is 19.3 Å². The van der Waals surface area contributed by atoms with Crippen molar-refractivity contribution in [2.45, 2.75) is 51.5 Å². The van der Waals surface area contributed by atoms with Gasteiger partial charge in [0.1, 0.15) is 0 Å². The highest BCUT2D eigenvalue weighted by Crippen LogP contribution is 2.28. The highest BCUT2D eigenvalue weighted by Gasteiger charge is 2.34. The van der Waals surface area contributed by atoms with Gasteiger partial charge in [0.05, 0.1) is 11.1 Å².